The highest BCUT2D eigenvalue weighted by molar-refractivity contribution is 5.86. The molecule has 0 saturated carbocycles. The second kappa shape index (κ2) is 14.1. The average Bonchev–Trinajstić information content (AvgIpc) is 2.96. The molecule has 2 amide bonds. The zero-order valence-corrected chi connectivity index (χ0v) is 21.1. The van der Waals surface area contributed by atoms with Crippen LogP contribution < -0.4 is 10.6 Å². The minimum atomic E-state index is -0.812. The summed E-state index contributed by atoms with van der Waals surface area (Å²) >= 11 is 0. The smallest absolute Gasteiger partial charge is 0.408 e. The van der Waals surface area contributed by atoms with Crippen LogP contribution in [0.1, 0.15) is 22.3 Å². The lowest BCUT2D eigenvalue weighted by Crippen LogP contribution is -2.50. The molecule has 6 heteroatoms. The Labute approximate surface area is 223 Å². The summed E-state index contributed by atoms with van der Waals surface area (Å²) in [6.45, 7) is 0.123. The zero-order chi connectivity index (χ0) is 26.4. The molecule has 0 unspecified atom stereocenters. The normalized spacial score (nSPS) is 12.4. The van der Waals surface area contributed by atoms with Gasteiger partial charge in [-0.25, -0.2) is 4.79 Å². The number of alkyl carbamates (subject to hydrolysis) is 1. The van der Waals surface area contributed by atoms with E-state index in [0.29, 0.717) is 12.8 Å². The summed E-state index contributed by atoms with van der Waals surface area (Å²) in [5.74, 6) is -0.286. The van der Waals surface area contributed by atoms with Crippen LogP contribution in [0.5, 0.6) is 0 Å². The van der Waals surface area contributed by atoms with Crippen LogP contribution in [0.4, 0.5) is 4.79 Å². The van der Waals surface area contributed by atoms with Crippen molar-refractivity contribution >= 4 is 18.1 Å². The Morgan fingerprint density at radius 1 is 0.711 bits per heavy atom. The van der Waals surface area contributed by atoms with E-state index in [1.54, 1.807) is 12.4 Å². The fraction of sp³-hybridized carbons (Fsp3) is 0.156. The highest BCUT2D eigenvalue weighted by Gasteiger charge is 2.24. The van der Waals surface area contributed by atoms with Gasteiger partial charge in [0.2, 0.25) is 5.91 Å². The molecule has 0 spiro atoms. The van der Waals surface area contributed by atoms with Gasteiger partial charge < -0.3 is 15.4 Å². The predicted octanol–water partition coefficient (Wildman–Crippen LogP) is 5.36. The summed E-state index contributed by atoms with van der Waals surface area (Å²) in [5.41, 5.74) is 3.88. The van der Waals surface area contributed by atoms with E-state index >= 15 is 0 Å². The third-order valence-electron chi connectivity index (χ3n) is 5.96. The van der Waals surface area contributed by atoms with Crippen molar-refractivity contribution in [2.45, 2.75) is 31.5 Å². The fourth-order valence-corrected chi connectivity index (χ4v) is 3.99. The monoisotopic (exact) mass is 505 g/mol. The number of nitrogens with one attached hydrogen (secondary N) is 2. The number of carbonyl (C=O) groups excluding carboxylic acids is 2. The Balaban J connectivity index is 1.48. The van der Waals surface area contributed by atoms with Gasteiger partial charge >= 0.3 is 6.09 Å². The molecule has 0 aliphatic rings. The number of hydrogen-bond acceptors (Lipinski definition) is 4. The van der Waals surface area contributed by atoms with E-state index in [0.717, 1.165) is 22.3 Å². The van der Waals surface area contributed by atoms with Crippen LogP contribution >= 0.6 is 0 Å². The van der Waals surface area contributed by atoms with Gasteiger partial charge in [-0.3, -0.25) is 9.78 Å². The van der Waals surface area contributed by atoms with Gasteiger partial charge in [0.05, 0.1) is 6.04 Å². The lowest BCUT2D eigenvalue weighted by atomic mass is 10.0. The highest BCUT2D eigenvalue weighted by atomic mass is 16.5. The van der Waals surface area contributed by atoms with Crippen LogP contribution in [-0.4, -0.2) is 29.1 Å². The van der Waals surface area contributed by atoms with Crippen molar-refractivity contribution in [3.05, 3.63) is 144 Å². The summed E-state index contributed by atoms with van der Waals surface area (Å²) in [6.07, 6.45) is 7.68. The molecule has 6 nitrogen and oxygen atoms in total. The van der Waals surface area contributed by atoms with E-state index in [-0.39, 0.29) is 18.6 Å². The standard InChI is InChI=1S/C32H31N3O3/c36-31(34-29(22-26-10-4-1-5-11-26)17-16-25-18-20-33-21-19-25)30(23-27-12-6-2-7-13-27)35-32(37)38-24-28-14-8-3-9-15-28/h1-21,29-30H,22-24H2,(H,34,36)(H,35,37)/b17-16+/t29-,30+/m1/s1. The van der Waals surface area contributed by atoms with Crippen molar-refractivity contribution in [2.75, 3.05) is 0 Å². The number of pyridine rings is 1. The molecule has 2 atom stereocenters. The Bertz CT molecular complexity index is 1300. The Hall–Kier alpha value is -4.71. The van der Waals surface area contributed by atoms with Crippen molar-refractivity contribution in [1.82, 2.24) is 15.6 Å². The molecular weight excluding hydrogens is 474 g/mol. The Kier molecular flexibility index (Phi) is 9.80. The number of amides is 2. The molecule has 0 aliphatic heterocycles. The third kappa shape index (κ3) is 8.75. The molecule has 0 aliphatic carbocycles. The second-order valence-corrected chi connectivity index (χ2v) is 8.89. The minimum absolute atomic E-state index is 0.123. The maximum absolute atomic E-state index is 13.5. The number of ether oxygens (including phenoxy) is 1. The Morgan fingerprint density at radius 2 is 1.26 bits per heavy atom. The Morgan fingerprint density at radius 3 is 1.87 bits per heavy atom. The van der Waals surface area contributed by atoms with Crippen molar-refractivity contribution in [1.29, 1.82) is 0 Å². The lowest BCUT2D eigenvalue weighted by Gasteiger charge is -2.22. The maximum Gasteiger partial charge on any atom is 0.408 e. The SMILES string of the molecule is O=C(N[C@@H](Cc1ccccc1)C(=O)N[C@H](/C=C/c1ccncc1)Cc1ccccc1)OCc1ccccc1. The predicted molar refractivity (Wildman–Crippen MR) is 149 cm³/mol. The van der Waals surface area contributed by atoms with E-state index in [9.17, 15) is 9.59 Å². The van der Waals surface area contributed by atoms with Crippen molar-refractivity contribution in [3.8, 4) is 0 Å². The van der Waals surface area contributed by atoms with Crippen LogP contribution in [0.2, 0.25) is 0 Å². The van der Waals surface area contributed by atoms with Crippen LogP contribution in [0.3, 0.4) is 0 Å². The summed E-state index contributed by atoms with van der Waals surface area (Å²) in [5, 5.41) is 5.90. The summed E-state index contributed by atoms with van der Waals surface area (Å²) in [4.78, 5) is 30.3. The summed E-state index contributed by atoms with van der Waals surface area (Å²) in [7, 11) is 0. The van der Waals surface area contributed by atoms with Gasteiger partial charge in [0, 0.05) is 18.8 Å². The van der Waals surface area contributed by atoms with Gasteiger partial charge in [-0.1, -0.05) is 103 Å². The first-order chi connectivity index (χ1) is 18.7. The molecule has 1 aromatic heterocycles. The zero-order valence-electron chi connectivity index (χ0n) is 21.1. The quantitative estimate of drug-likeness (QED) is 0.288. The van der Waals surface area contributed by atoms with E-state index < -0.39 is 12.1 Å². The van der Waals surface area contributed by atoms with Crippen LogP contribution in [0, 0.1) is 0 Å². The fourth-order valence-electron chi connectivity index (χ4n) is 3.99. The summed E-state index contributed by atoms with van der Waals surface area (Å²) in [6, 6.07) is 31.7. The van der Waals surface area contributed by atoms with Gasteiger partial charge in [-0.2, -0.15) is 0 Å². The van der Waals surface area contributed by atoms with Gasteiger partial charge in [-0.15, -0.1) is 0 Å². The second-order valence-electron chi connectivity index (χ2n) is 8.89. The van der Waals surface area contributed by atoms with Gasteiger partial charge in [-0.05, 0) is 40.8 Å². The topological polar surface area (TPSA) is 80.3 Å². The van der Waals surface area contributed by atoms with E-state index in [1.807, 2.05) is 115 Å². The van der Waals surface area contributed by atoms with Crippen LogP contribution in [-0.2, 0) is 29.0 Å². The number of aromatic nitrogens is 1. The van der Waals surface area contributed by atoms with Gasteiger partial charge in [0.1, 0.15) is 12.6 Å². The molecule has 0 saturated heterocycles. The molecular formula is C32H31N3O3. The van der Waals surface area contributed by atoms with Crippen molar-refractivity contribution in [2.24, 2.45) is 0 Å². The largest absolute Gasteiger partial charge is 0.445 e. The number of benzene rings is 3. The van der Waals surface area contributed by atoms with Crippen molar-refractivity contribution in [3.63, 3.8) is 0 Å². The number of carbonyl (C=O) groups is 2. The average molecular weight is 506 g/mol. The molecule has 2 N–H and O–H groups in total. The number of nitrogens with zero attached hydrogens (tertiary/aromatic N) is 1. The van der Waals surface area contributed by atoms with Crippen LogP contribution in [0.25, 0.3) is 6.08 Å². The number of hydrogen-bond donors (Lipinski definition) is 2. The minimum Gasteiger partial charge on any atom is -0.445 e. The van der Waals surface area contributed by atoms with E-state index in [1.165, 1.54) is 0 Å². The molecule has 1 heterocycles. The third-order valence-corrected chi connectivity index (χ3v) is 5.96. The van der Waals surface area contributed by atoms with E-state index in [4.69, 9.17) is 4.74 Å². The molecule has 4 aromatic rings. The molecule has 38 heavy (non-hydrogen) atoms. The molecule has 4 rings (SSSR count). The first kappa shape index (κ1) is 26.4. The van der Waals surface area contributed by atoms with Gasteiger partial charge in [0.25, 0.3) is 0 Å². The molecule has 0 bridgehead atoms. The first-order valence-electron chi connectivity index (χ1n) is 12.6. The number of rotatable bonds is 11. The van der Waals surface area contributed by atoms with Gasteiger partial charge in [0.15, 0.2) is 0 Å². The molecule has 0 radical (unpaired) electrons. The summed E-state index contributed by atoms with van der Waals surface area (Å²) < 4.78 is 5.40. The van der Waals surface area contributed by atoms with Crippen molar-refractivity contribution < 1.29 is 14.3 Å². The lowest BCUT2D eigenvalue weighted by molar-refractivity contribution is -0.123. The first-order valence-corrected chi connectivity index (χ1v) is 12.6. The molecule has 192 valence electrons. The molecule has 0 fully saturated rings. The van der Waals surface area contributed by atoms with Crippen LogP contribution in [0.15, 0.2) is 122 Å². The maximum atomic E-state index is 13.5. The van der Waals surface area contributed by atoms with E-state index in [2.05, 4.69) is 15.6 Å². The molecule has 3 aromatic carbocycles. The highest BCUT2D eigenvalue weighted by Crippen LogP contribution is 2.10.